The molecular weight excluding hydrogens is 265 g/mol. The molecule has 0 spiro atoms. The van der Waals surface area contributed by atoms with Gasteiger partial charge in [-0.2, -0.15) is 0 Å². The van der Waals surface area contributed by atoms with Gasteiger partial charge in [0.1, 0.15) is 5.82 Å². The third-order valence-electron chi connectivity index (χ3n) is 3.33. The summed E-state index contributed by atoms with van der Waals surface area (Å²) in [7, 11) is 0. The second-order valence-electron chi connectivity index (χ2n) is 4.76. The molecule has 1 aromatic heterocycles. The van der Waals surface area contributed by atoms with Crippen LogP contribution in [0.3, 0.4) is 0 Å². The number of halogens is 1. The Bertz CT molecular complexity index is 784. The van der Waals surface area contributed by atoms with E-state index in [4.69, 9.17) is 0 Å². The molecule has 0 unspecified atom stereocenters. The summed E-state index contributed by atoms with van der Waals surface area (Å²) in [5.74, 6) is -0.503. The van der Waals surface area contributed by atoms with Crippen LogP contribution in [-0.2, 0) is 6.42 Å². The van der Waals surface area contributed by atoms with Crippen molar-refractivity contribution >= 4 is 16.5 Å². The van der Waals surface area contributed by atoms with Crippen LogP contribution in [0.1, 0.15) is 19.0 Å². The van der Waals surface area contributed by atoms with E-state index in [9.17, 15) is 9.18 Å². The molecule has 3 heteroatoms. The molecule has 21 heavy (non-hydrogen) atoms. The first-order chi connectivity index (χ1) is 10.1. The highest BCUT2D eigenvalue weighted by atomic mass is 19.1. The Morgan fingerprint density at radius 3 is 2.76 bits per heavy atom. The molecule has 0 N–H and O–H groups in total. The Hall–Kier alpha value is -2.42. The molecule has 0 saturated heterocycles. The van der Waals surface area contributed by atoms with Crippen molar-refractivity contribution in [2.75, 3.05) is 0 Å². The number of pyridine rings is 1. The number of nitrogens with zero attached hydrogens (tertiary/aromatic N) is 1. The topological polar surface area (TPSA) is 22.0 Å². The summed E-state index contributed by atoms with van der Waals surface area (Å²) >= 11 is 0. The number of aromatic nitrogens is 1. The second-order valence-corrected chi connectivity index (χ2v) is 4.76. The Labute approximate surface area is 123 Å². The summed E-state index contributed by atoms with van der Waals surface area (Å²) in [6.45, 7) is 9.41. The molecule has 1 heterocycles. The van der Waals surface area contributed by atoms with Crippen molar-refractivity contribution in [2.24, 2.45) is 0 Å². The van der Waals surface area contributed by atoms with Crippen molar-refractivity contribution in [3.8, 4) is 0 Å². The van der Waals surface area contributed by atoms with Gasteiger partial charge in [0, 0.05) is 11.4 Å². The van der Waals surface area contributed by atoms with E-state index in [0.29, 0.717) is 11.1 Å². The minimum absolute atomic E-state index is 0.106. The molecule has 0 bridgehead atoms. The number of aryl methyl sites for hydroxylation is 1. The molecule has 0 saturated carbocycles. The van der Waals surface area contributed by atoms with E-state index in [-0.39, 0.29) is 10.9 Å². The van der Waals surface area contributed by atoms with Gasteiger partial charge >= 0.3 is 0 Å². The normalized spacial score (nSPS) is 11.6. The SMILES string of the molecule is C=C/C=C(\C=C)n1c(CCC)cc2cccc(F)c2c1=O. The van der Waals surface area contributed by atoms with Gasteiger partial charge in [0.2, 0.25) is 0 Å². The molecule has 0 radical (unpaired) electrons. The summed E-state index contributed by atoms with van der Waals surface area (Å²) in [6.07, 6.45) is 6.47. The molecule has 0 fully saturated rings. The van der Waals surface area contributed by atoms with E-state index in [1.165, 1.54) is 10.6 Å². The zero-order valence-electron chi connectivity index (χ0n) is 12.1. The Balaban J connectivity index is 2.92. The van der Waals surface area contributed by atoms with Crippen LogP contribution >= 0.6 is 0 Å². The molecule has 1 aromatic carbocycles. The maximum atomic E-state index is 14.0. The largest absolute Gasteiger partial charge is 0.281 e. The third-order valence-corrected chi connectivity index (χ3v) is 3.33. The van der Waals surface area contributed by atoms with Gasteiger partial charge < -0.3 is 0 Å². The fraction of sp³-hybridized carbons (Fsp3) is 0.167. The van der Waals surface area contributed by atoms with Crippen LogP contribution in [0.25, 0.3) is 16.5 Å². The van der Waals surface area contributed by atoms with Gasteiger partial charge in [-0.05, 0) is 36.1 Å². The standard InChI is InChI=1S/C18H18FNO/c1-4-8-14(6-3)20-15(9-5-2)12-13-10-7-11-16(19)17(13)18(20)21/h4,6-8,10-12H,1,3,5,9H2,2H3/b14-8+. The fourth-order valence-electron chi connectivity index (χ4n) is 2.45. The van der Waals surface area contributed by atoms with Crippen LogP contribution in [0.2, 0.25) is 0 Å². The average Bonchev–Trinajstić information content (AvgIpc) is 2.46. The fourth-order valence-corrected chi connectivity index (χ4v) is 2.45. The van der Waals surface area contributed by atoms with Crippen molar-refractivity contribution in [1.82, 2.24) is 4.57 Å². The lowest BCUT2D eigenvalue weighted by atomic mass is 10.1. The van der Waals surface area contributed by atoms with Gasteiger partial charge in [0.15, 0.2) is 0 Å². The number of rotatable bonds is 5. The van der Waals surface area contributed by atoms with Gasteiger partial charge in [0.25, 0.3) is 5.56 Å². The monoisotopic (exact) mass is 283 g/mol. The van der Waals surface area contributed by atoms with E-state index in [1.807, 2.05) is 13.0 Å². The highest BCUT2D eigenvalue weighted by molar-refractivity contribution is 5.83. The van der Waals surface area contributed by atoms with E-state index in [1.54, 1.807) is 30.4 Å². The van der Waals surface area contributed by atoms with E-state index >= 15 is 0 Å². The lowest BCUT2D eigenvalue weighted by Gasteiger charge is -2.15. The van der Waals surface area contributed by atoms with E-state index in [2.05, 4.69) is 13.2 Å². The first-order valence-electron chi connectivity index (χ1n) is 6.92. The van der Waals surface area contributed by atoms with Gasteiger partial charge in [-0.15, -0.1) is 0 Å². The predicted molar refractivity (Wildman–Crippen MR) is 86.8 cm³/mol. The molecule has 0 amide bonds. The van der Waals surface area contributed by atoms with Crippen LogP contribution < -0.4 is 5.56 Å². The predicted octanol–water partition coefficient (Wildman–Crippen LogP) is 4.31. The second kappa shape index (κ2) is 6.35. The number of hydrogen-bond donors (Lipinski definition) is 0. The average molecular weight is 283 g/mol. The zero-order chi connectivity index (χ0) is 15.4. The molecule has 2 rings (SSSR count). The third kappa shape index (κ3) is 2.72. The number of benzene rings is 1. The number of fused-ring (bicyclic) bond motifs is 1. The summed E-state index contributed by atoms with van der Waals surface area (Å²) in [4.78, 5) is 12.7. The lowest BCUT2D eigenvalue weighted by molar-refractivity contribution is 0.637. The van der Waals surface area contributed by atoms with Crippen LogP contribution in [0.4, 0.5) is 4.39 Å². The van der Waals surface area contributed by atoms with Crippen LogP contribution in [0.5, 0.6) is 0 Å². The van der Waals surface area contributed by atoms with Gasteiger partial charge in [-0.1, -0.05) is 44.7 Å². The molecule has 108 valence electrons. The Morgan fingerprint density at radius 1 is 1.38 bits per heavy atom. The first-order valence-corrected chi connectivity index (χ1v) is 6.92. The number of allylic oxidation sites excluding steroid dienone is 4. The van der Waals surface area contributed by atoms with Crippen molar-refractivity contribution in [3.63, 3.8) is 0 Å². The quantitative estimate of drug-likeness (QED) is 0.750. The Morgan fingerprint density at radius 2 is 2.14 bits per heavy atom. The highest BCUT2D eigenvalue weighted by Gasteiger charge is 2.13. The summed E-state index contributed by atoms with van der Waals surface area (Å²) in [5.41, 5.74) is 1.08. The molecular formula is C18H18FNO. The van der Waals surface area contributed by atoms with Crippen LogP contribution in [0.15, 0.2) is 60.4 Å². The first kappa shape index (κ1) is 15.0. The highest BCUT2D eigenvalue weighted by Crippen LogP contribution is 2.19. The van der Waals surface area contributed by atoms with Crippen molar-refractivity contribution in [2.45, 2.75) is 19.8 Å². The summed E-state index contributed by atoms with van der Waals surface area (Å²) in [6, 6.07) is 6.54. The van der Waals surface area contributed by atoms with E-state index in [0.717, 1.165) is 18.5 Å². The van der Waals surface area contributed by atoms with Gasteiger partial charge in [0.05, 0.1) is 5.39 Å². The smallest absolute Gasteiger partial charge is 0.266 e. The van der Waals surface area contributed by atoms with Gasteiger partial charge in [-0.3, -0.25) is 9.36 Å². The maximum Gasteiger partial charge on any atom is 0.266 e. The molecule has 0 aliphatic carbocycles. The molecule has 0 aliphatic rings. The van der Waals surface area contributed by atoms with Crippen molar-refractivity contribution in [3.05, 3.63) is 77.5 Å². The minimum Gasteiger partial charge on any atom is -0.281 e. The summed E-state index contributed by atoms with van der Waals surface area (Å²) in [5, 5.41) is 0.732. The van der Waals surface area contributed by atoms with Crippen molar-refractivity contribution in [1.29, 1.82) is 0 Å². The van der Waals surface area contributed by atoms with Crippen LogP contribution in [-0.4, -0.2) is 4.57 Å². The van der Waals surface area contributed by atoms with Gasteiger partial charge in [-0.25, -0.2) is 4.39 Å². The van der Waals surface area contributed by atoms with Crippen molar-refractivity contribution < 1.29 is 4.39 Å². The summed E-state index contributed by atoms with van der Waals surface area (Å²) < 4.78 is 15.5. The minimum atomic E-state index is -0.503. The lowest BCUT2D eigenvalue weighted by Crippen LogP contribution is -2.23. The van der Waals surface area contributed by atoms with Crippen LogP contribution in [0, 0.1) is 5.82 Å². The molecule has 2 nitrogen and oxygen atoms in total. The molecule has 0 aliphatic heterocycles. The van der Waals surface area contributed by atoms with E-state index < -0.39 is 5.82 Å². The zero-order valence-corrected chi connectivity index (χ0v) is 12.1. The Kier molecular flexibility index (Phi) is 4.53. The molecule has 2 aromatic rings. The maximum absolute atomic E-state index is 14.0. The molecule has 0 atom stereocenters. The number of hydrogen-bond acceptors (Lipinski definition) is 1.